The third kappa shape index (κ3) is 3.56. The molecule has 2 aromatic rings. The van der Waals surface area contributed by atoms with E-state index >= 15 is 0 Å². The van der Waals surface area contributed by atoms with E-state index in [4.69, 9.17) is 10.5 Å². The molecule has 0 fully saturated rings. The lowest BCUT2D eigenvalue weighted by molar-refractivity contribution is -0.119. The number of rotatable bonds is 5. The maximum absolute atomic E-state index is 13.7. The predicted octanol–water partition coefficient (Wildman–Crippen LogP) is 2.49. The Hall–Kier alpha value is -1.99. The lowest BCUT2D eigenvalue weighted by Crippen LogP contribution is -2.26. The number of nitrogens with one attached hydrogen (secondary N) is 1. The second-order valence-corrected chi connectivity index (χ2v) is 5.37. The zero-order valence-corrected chi connectivity index (χ0v) is 12.5. The topological polar surface area (TPSA) is 77.2 Å². The molecule has 0 radical (unpaired) electrons. The van der Waals surface area contributed by atoms with Crippen LogP contribution in [-0.4, -0.2) is 24.5 Å². The number of carbonyl (C=O) groups is 1. The molecule has 0 saturated carbocycles. The molecular weight excluding hydrogens is 293 g/mol. The third-order valence-electron chi connectivity index (χ3n) is 2.98. The average molecular weight is 309 g/mol. The van der Waals surface area contributed by atoms with Crippen molar-refractivity contribution >= 4 is 22.4 Å². The zero-order valence-electron chi connectivity index (χ0n) is 11.7. The number of nitrogens with zero attached hydrogens (tertiary/aromatic N) is 1. The van der Waals surface area contributed by atoms with Gasteiger partial charge >= 0.3 is 0 Å². The van der Waals surface area contributed by atoms with Crippen LogP contribution in [0.25, 0.3) is 11.3 Å². The summed E-state index contributed by atoms with van der Waals surface area (Å²) in [4.78, 5) is 16.0. The maximum atomic E-state index is 13.7. The van der Waals surface area contributed by atoms with Gasteiger partial charge in [0.25, 0.3) is 0 Å². The van der Waals surface area contributed by atoms with Crippen molar-refractivity contribution in [2.45, 2.75) is 6.92 Å². The molecule has 0 spiro atoms. The van der Waals surface area contributed by atoms with Crippen molar-refractivity contribution in [2.75, 3.05) is 19.0 Å². The normalized spacial score (nSPS) is 12.0. The van der Waals surface area contributed by atoms with E-state index in [1.54, 1.807) is 24.4 Å². The summed E-state index contributed by atoms with van der Waals surface area (Å²) in [7, 11) is 1.41. The highest BCUT2D eigenvalue weighted by Crippen LogP contribution is 2.28. The summed E-state index contributed by atoms with van der Waals surface area (Å²) >= 11 is 1.28. The third-order valence-corrected chi connectivity index (χ3v) is 3.74. The van der Waals surface area contributed by atoms with Crippen molar-refractivity contribution in [3.05, 3.63) is 29.4 Å². The Morgan fingerprint density at radius 1 is 1.57 bits per heavy atom. The van der Waals surface area contributed by atoms with E-state index in [0.29, 0.717) is 16.4 Å². The van der Waals surface area contributed by atoms with Gasteiger partial charge in [-0.05, 0) is 18.2 Å². The Morgan fingerprint density at radius 2 is 2.33 bits per heavy atom. The molecule has 1 aromatic carbocycles. The van der Waals surface area contributed by atoms with Gasteiger partial charge in [0.05, 0.1) is 12.8 Å². The van der Waals surface area contributed by atoms with E-state index in [-0.39, 0.29) is 24.1 Å². The summed E-state index contributed by atoms with van der Waals surface area (Å²) in [5.41, 5.74) is 6.65. The molecular formula is C14H16FN3O2S. The lowest BCUT2D eigenvalue weighted by atomic mass is 10.1. The van der Waals surface area contributed by atoms with Gasteiger partial charge in [-0.2, -0.15) is 0 Å². The summed E-state index contributed by atoms with van der Waals surface area (Å²) in [6.45, 7) is 2.01. The molecule has 1 amide bonds. The standard InChI is InChI=1S/C14H16FN3O2S/c1-8(6-16)13(19)18-14-17-11(7-21-14)9-3-4-12(20-2)10(15)5-9/h3-5,7-8H,6,16H2,1-2H3,(H,17,18,19). The molecule has 1 heterocycles. The van der Waals surface area contributed by atoms with Gasteiger partial charge < -0.3 is 15.8 Å². The molecule has 1 unspecified atom stereocenters. The monoisotopic (exact) mass is 309 g/mol. The maximum Gasteiger partial charge on any atom is 0.230 e. The first kappa shape index (κ1) is 15.4. The van der Waals surface area contributed by atoms with Crippen molar-refractivity contribution in [1.29, 1.82) is 0 Å². The molecule has 0 bridgehead atoms. The number of nitrogens with two attached hydrogens (primary N) is 1. The second kappa shape index (κ2) is 6.64. The van der Waals surface area contributed by atoms with Crippen molar-refractivity contribution in [3.8, 4) is 17.0 Å². The number of halogens is 1. The first-order valence-electron chi connectivity index (χ1n) is 6.35. The van der Waals surface area contributed by atoms with Gasteiger partial charge in [0, 0.05) is 23.4 Å². The summed E-state index contributed by atoms with van der Waals surface area (Å²) < 4.78 is 18.5. The van der Waals surface area contributed by atoms with Gasteiger partial charge in [0.2, 0.25) is 5.91 Å². The minimum absolute atomic E-state index is 0.180. The summed E-state index contributed by atoms with van der Waals surface area (Å²) in [6.07, 6.45) is 0. The number of methoxy groups -OCH3 is 1. The number of carbonyl (C=O) groups excluding carboxylic acids is 1. The first-order valence-corrected chi connectivity index (χ1v) is 7.23. The van der Waals surface area contributed by atoms with E-state index in [1.807, 2.05) is 0 Å². The zero-order chi connectivity index (χ0) is 15.4. The van der Waals surface area contributed by atoms with Crippen LogP contribution in [-0.2, 0) is 4.79 Å². The van der Waals surface area contributed by atoms with Crippen LogP contribution >= 0.6 is 11.3 Å². The molecule has 112 valence electrons. The SMILES string of the molecule is COc1ccc(-c2csc(NC(=O)C(C)CN)n2)cc1F. The number of amides is 1. The van der Waals surface area contributed by atoms with E-state index in [9.17, 15) is 9.18 Å². The van der Waals surface area contributed by atoms with Crippen molar-refractivity contribution in [3.63, 3.8) is 0 Å². The number of aromatic nitrogens is 1. The number of hydrogen-bond donors (Lipinski definition) is 2. The Kier molecular flexibility index (Phi) is 4.87. The smallest absolute Gasteiger partial charge is 0.230 e. The van der Waals surface area contributed by atoms with Crippen LogP contribution in [0, 0.1) is 11.7 Å². The Labute approximate surface area is 126 Å². The van der Waals surface area contributed by atoms with Crippen LogP contribution in [0.2, 0.25) is 0 Å². The second-order valence-electron chi connectivity index (χ2n) is 4.51. The fourth-order valence-corrected chi connectivity index (χ4v) is 2.35. The van der Waals surface area contributed by atoms with E-state index < -0.39 is 5.82 Å². The molecule has 0 saturated heterocycles. The van der Waals surface area contributed by atoms with Crippen LogP contribution in [0.5, 0.6) is 5.75 Å². The lowest BCUT2D eigenvalue weighted by Gasteiger charge is -2.06. The minimum Gasteiger partial charge on any atom is -0.494 e. The number of anilines is 1. The molecule has 7 heteroatoms. The summed E-state index contributed by atoms with van der Waals surface area (Å²) in [6, 6.07) is 4.60. The van der Waals surface area contributed by atoms with Gasteiger partial charge in [0.1, 0.15) is 0 Å². The molecule has 0 aliphatic carbocycles. The largest absolute Gasteiger partial charge is 0.494 e. The van der Waals surface area contributed by atoms with Gasteiger partial charge in [-0.25, -0.2) is 9.37 Å². The predicted molar refractivity (Wildman–Crippen MR) is 80.9 cm³/mol. The minimum atomic E-state index is -0.453. The van der Waals surface area contributed by atoms with Crippen molar-refractivity contribution in [1.82, 2.24) is 4.98 Å². The number of hydrogen-bond acceptors (Lipinski definition) is 5. The van der Waals surface area contributed by atoms with E-state index in [0.717, 1.165) is 0 Å². The molecule has 0 aliphatic rings. The number of thiazole rings is 1. The Balaban J connectivity index is 2.16. The quantitative estimate of drug-likeness (QED) is 0.889. The molecule has 2 rings (SSSR count). The van der Waals surface area contributed by atoms with Crippen molar-refractivity contribution in [2.24, 2.45) is 11.7 Å². The molecule has 1 aromatic heterocycles. The van der Waals surface area contributed by atoms with E-state index in [2.05, 4.69) is 10.3 Å². The van der Waals surface area contributed by atoms with Gasteiger partial charge in [0.15, 0.2) is 16.7 Å². The van der Waals surface area contributed by atoms with Crippen LogP contribution in [0.1, 0.15) is 6.92 Å². The van der Waals surface area contributed by atoms with Crippen LogP contribution in [0.3, 0.4) is 0 Å². The molecule has 5 nitrogen and oxygen atoms in total. The highest BCUT2D eigenvalue weighted by molar-refractivity contribution is 7.14. The van der Waals surface area contributed by atoms with Crippen LogP contribution < -0.4 is 15.8 Å². The average Bonchev–Trinajstić information content (AvgIpc) is 2.94. The Bertz CT molecular complexity index is 645. The summed E-state index contributed by atoms with van der Waals surface area (Å²) in [5.74, 6) is -0.736. The fourth-order valence-electron chi connectivity index (χ4n) is 1.63. The number of ether oxygens (including phenoxy) is 1. The molecule has 3 N–H and O–H groups in total. The fraction of sp³-hybridized carbons (Fsp3) is 0.286. The van der Waals surface area contributed by atoms with Crippen molar-refractivity contribution < 1.29 is 13.9 Å². The molecule has 0 aliphatic heterocycles. The Morgan fingerprint density at radius 3 is 2.95 bits per heavy atom. The van der Waals surface area contributed by atoms with Gasteiger partial charge in [-0.3, -0.25) is 4.79 Å². The van der Waals surface area contributed by atoms with Gasteiger partial charge in [-0.15, -0.1) is 11.3 Å². The van der Waals surface area contributed by atoms with Crippen LogP contribution in [0.4, 0.5) is 9.52 Å². The van der Waals surface area contributed by atoms with Crippen LogP contribution in [0.15, 0.2) is 23.6 Å². The molecule has 21 heavy (non-hydrogen) atoms. The van der Waals surface area contributed by atoms with E-state index in [1.165, 1.54) is 24.5 Å². The first-order chi connectivity index (χ1) is 10.0. The van der Waals surface area contributed by atoms with Gasteiger partial charge in [-0.1, -0.05) is 6.92 Å². The highest BCUT2D eigenvalue weighted by Gasteiger charge is 2.14. The summed E-state index contributed by atoms with van der Waals surface area (Å²) in [5, 5.41) is 4.91. The highest BCUT2D eigenvalue weighted by atomic mass is 32.1. The number of benzene rings is 1. The molecule has 1 atom stereocenters.